The van der Waals surface area contributed by atoms with Gasteiger partial charge in [-0.15, -0.1) is 0 Å². The maximum absolute atomic E-state index is 12.3. The molecule has 4 heteroatoms. The summed E-state index contributed by atoms with van der Waals surface area (Å²) in [5.74, 6) is -0.130. The number of hydrogen-bond acceptors (Lipinski definition) is 2. The highest BCUT2D eigenvalue weighted by Gasteiger charge is 2.10. The molecule has 1 heterocycles. The van der Waals surface area contributed by atoms with Gasteiger partial charge in [0, 0.05) is 17.3 Å². The fraction of sp³-hybridized carbons (Fsp3) is 0.500. The van der Waals surface area contributed by atoms with E-state index in [-0.39, 0.29) is 18.2 Å². The number of aromatic nitrogens is 1. The molecule has 32 heavy (non-hydrogen) atoms. The Balaban J connectivity index is 1.43. The number of para-hydroxylation sites is 1. The van der Waals surface area contributed by atoms with Crippen LogP contribution in [0.2, 0.25) is 0 Å². The van der Waals surface area contributed by atoms with Gasteiger partial charge in [0.15, 0.2) is 5.78 Å². The Kier molecular flexibility index (Phi) is 12.9. The smallest absolute Gasteiger partial charge is 0.220 e. The Bertz CT molecular complexity index is 830. The highest BCUT2D eigenvalue weighted by atomic mass is 16.2. The molecule has 2 rings (SSSR count). The standard InChI is InChI=1S/C28H40N2O2/c1-2-3-4-5-6-7-8-9-10-11-12-13-14-15-16-21-28(32)29-23-27(31)26-22-24-19-17-18-20-25(24)30-26/h6-7,9-10,17-20,22,30H,2-5,8,11-16,21,23H2,1H3,(H,29,32). The third-order valence-corrected chi connectivity index (χ3v) is 5.63. The number of carbonyl (C=O) groups excluding carboxylic acids is 2. The van der Waals surface area contributed by atoms with E-state index in [4.69, 9.17) is 0 Å². The maximum atomic E-state index is 12.3. The van der Waals surface area contributed by atoms with E-state index in [0.717, 1.165) is 43.0 Å². The summed E-state index contributed by atoms with van der Waals surface area (Å²) in [4.78, 5) is 27.4. The minimum Gasteiger partial charge on any atom is -0.352 e. The van der Waals surface area contributed by atoms with Crippen LogP contribution in [0, 0.1) is 0 Å². The van der Waals surface area contributed by atoms with Crippen LogP contribution in [-0.2, 0) is 4.79 Å². The largest absolute Gasteiger partial charge is 0.352 e. The van der Waals surface area contributed by atoms with Gasteiger partial charge in [-0.2, -0.15) is 0 Å². The van der Waals surface area contributed by atoms with E-state index < -0.39 is 0 Å². The molecule has 0 radical (unpaired) electrons. The van der Waals surface area contributed by atoms with Gasteiger partial charge in [0.05, 0.1) is 12.2 Å². The van der Waals surface area contributed by atoms with Gasteiger partial charge in [0.25, 0.3) is 0 Å². The summed E-state index contributed by atoms with van der Waals surface area (Å²) in [5, 5.41) is 3.76. The molecule has 0 aliphatic carbocycles. The molecule has 0 spiro atoms. The number of rotatable bonds is 17. The highest BCUT2D eigenvalue weighted by Crippen LogP contribution is 2.15. The average molecular weight is 437 g/mol. The number of nitrogens with one attached hydrogen (secondary N) is 2. The third-order valence-electron chi connectivity index (χ3n) is 5.63. The van der Waals surface area contributed by atoms with Crippen LogP contribution in [0.5, 0.6) is 0 Å². The van der Waals surface area contributed by atoms with Crippen molar-refractivity contribution >= 4 is 22.6 Å². The van der Waals surface area contributed by atoms with Crippen molar-refractivity contribution in [2.75, 3.05) is 6.54 Å². The zero-order valence-corrected chi connectivity index (χ0v) is 19.7. The number of allylic oxidation sites excluding steroid dienone is 4. The van der Waals surface area contributed by atoms with Crippen molar-refractivity contribution in [1.82, 2.24) is 10.3 Å². The number of aromatic amines is 1. The lowest BCUT2D eigenvalue weighted by Crippen LogP contribution is -2.29. The van der Waals surface area contributed by atoms with E-state index in [2.05, 4.69) is 41.5 Å². The van der Waals surface area contributed by atoms with Crippen molar-refractivity contribution in [2.45, 2.75) is 84.0 Å². The highest BCUT2D eigenvalue weighted by molar-refractivity contribution is 6.01. The van der Waals surface area contributed by atoms with Gasteiger partial charge in [-0.05, 0) is 50.7 Å². The molecule has 1 amide bonds. The molecule has 0 atom stereocenters. The first-order valence-corrected chi connectivity index (χ1v) is 12.4. The minimum atomic E-state index is -0.0883. The quantitative estimate of drug-likeness (QED) is 0.155. The van der Waals surface area contributed by atoms with E-state index in [1.807, 2.05) is 30.3 Å². The van der Waals surface area contributed by atoms with Gasteiger partial charge in [-0.3, -0.25) is 9.59 Å². The van der Waals surface area contributed by atoms with E-state index in [1.54, 1.807) is 0 Å². The van der Waals surface area contributed by atoms with E-state index in [9.17, 15) is 9.59 Å². The van der Waals surface area contributed by atoms with Gasteiger partial charge in [0.1, 0.15) is 0 Å². The van der Waals surface area contributed by atoms with Crippen LogP contribution in [0.25, 0.3) is 10.9 Å². The molecular weight excluding hydrogens is 396 g/mol. The number of hydrogen-bond donors (Lipinski definition) is 2. The Morgan fingerprint density at radius 3 is 2.31 bits per heavy atom. The van der Waals surface area contributed by atoms with Crippen LogP contribution >= 0.6 is 0 Å². The summed E-state index contributed by atoms with van der Waals surface area (Å²) in [6.07, 6.45) is 22.4. The van der Waals surface area contributed by atoms with Crippen molar-refractivity contribution < 1.29 is 9.59 Å². The Labute approximate surface area is 193 Å². The lowest BCUT2D eigenvalue weighted by molar-refractivity contribution is -0.121. The monoisotopic (exact) mass is 436 g/mol. The minimum absolute atomic E-state index is 0.0415. The molecular formula is C28H40N2O2. The summed E-state index contributed by atoms with van der Waals surface area (Å²) in [7, 11) is 0. The molecule has 4 nitrogen and oxygen atoms in total. The topological polar surface area (TPSA) is 62.0 Å². The Morgan fingerprint density at radius 2 is 1.56 bits per heavy atom. The fourth-order valence-electron chi connectivity index (χ4n) is 3.68. The van der Waals surface area contributed by atoms with Crippen molar-refractivity contribution in [3.8, 4) is 0 Å². The number of carbonyl (C=O) groups is 2. The second-order valence-corrected chi connectivity index (χ2v) is 8.45. The predicted octanol–water partition coefficient (Wildman–Crippen LogP) is 7.28. The Morgan fingerprint density at radius 1 is 0.875 bits per heavy atom. The number of benzene rings is 1. The lowest BCUT2D eigenvalue weighted by atomic mass is 10.1. The predicted molar refractivity (Wildman–Crippen MR) is 135 cm³/mol. The normalized spacial score (nSPS) is 11.7. The van der Waals surface area contributed by atoms with Gasteiger partial charge in [-0.25, -0.2) is 0 Å². The van der Waals surface area contributed by atoms with Crippen LogP contribution in [0.4, 0.5) is 0 Å². The average Bonchev–Trinajstić information content (AvgIpc) is 3.24. The van der Waals surface area contributed by atoms with Gasteiger partial charge < -0.3 is 10.3 Å². The van der Waals surface area contributed by atoms with Crippen LogP contribution in [-0.4, -0.2) is 23.2 Å². The van der Waals surface area contributed by atoms with Crippen molar-refractivity contribution in [3.63, 3.8) is 0 Å². The molecule has 0 fully saturated rings. The van der Waals surface area contributed by atoms with E-state index in [0.29, 0.717) is 12.1 Å². The van der Waals surface area contributed by atoms with Crippen molar-refractivity contribution in [3.05, 3.63) is 60.3 Å². The molecule has 1 aromatic heterocycles. The third kappa shape index (κ3) is 10.6. The second-order valence-electron chi connectivity index (χ2n) is 8.45. The summed E-state index contributed by atoms with van der Waals surface area (Å²) in [6, 6.07) is 9.61. The molecule has 0 aliphatic heterocycles. The van der Waals surface area contributed by atoms with Crippen LogP contribution < -0.4 is 5.32 Å². The summed E-state index contributed by atoms with van der Waals surface area (Å²) >= 11 is 0. The SMILES string of the molecule is CCCCCC=CCC=CCCCCCCCC(=O)NCC(=O)c1cc2ccccc2[nH]1. The molecule has 174 valence electrons. The summed E-state index contributed by atoms with van der Waals surface area (Å²) in [6.45, 7) is 2.28. The van der Waals surface area contributed by atoms with Crippen LogP contribution in [0.15, 0.2) is 54.6 Å². The fourth-order valence-corrected chi connectivity index (χ4v) is 3.68. The molecule has 0 saturated carbocycles. The number of H-pyrrole nitrogens is 1. The second kappa shape index (κ2) is 16.1. The summed E-state index contributed by atoms with van der Waals surface area (Å²) in [5.41, 5.74) is 1.48. The zero-order chi connectivity index (χ0) is 22.9. The van der Waals surface area contributed by atoms with E-state index >= 15 is 0 Å². The van der Waals surface area contributed by atoms with Crippen LogP contribution in [0.1, 0.15) is 94.5 Å². The number of amides is 1. The molecule has 2 aromatic rings. The van der Waals surface area contributed by atoms with Gasteiger partial charge in [-0.1, -0.05) is 81.5 Å². The number of Topliss-reactive ketones (excluding diaryl/α,β-unsaturated/α-hetero) is 1. The van der Waals surface area contributed by atoms with Gasteiger partial charge >= 0.3 is 0 Å². The molecule has 0 unspecified atom stereocenters. The first-order chi connectivity index (χ1) is 15.7. The molecule has 0 bridgehead atoms. The Hall–Kier alpha value is -2.62. The summed E-state index contributed by atoms with van der Waals surface area (Å²) < 4.78 is 0. The first-order valence-electron chi connectivity index (χ1n) is 12.4. The van der Waals surface area contributed by atoms with Crippen molar-refractivity contribution in [2.24, 2.45) is 0 Å². The maximum Gasteiger partial charge on any atom is 0.220 e. The molecule has 0 saturated heterocycles. The zero-order valence-electron chi connectivity index (χ0n) is 19.7. The number of fused-ring (bicyclic) bond motifs is 1. The number of unbranched alkanes of at least 4 members (excludes halogenated alkanes) is 8. The van der Waals surface area contributed by atoms with Crippen molar-refractivity contribution in [1.29, 1.82) is 0 Å². The molecule has 2 N–H and O–H groups in total. The van der Waals surface area contributed by atoms with E-state index in [1.165, 1.54) is 38.5 Å². The number of ketones is 1. The lowest BCUT2D eigenvalue weighted by Gasteiger charge is -2.04. The van der Waals surface area contributed by atoms with Crippen LogP contribution in [0.3, 0.4) is 0 Å². The first kappa shape index (κ1) is 25.6. The molecule has 1 aromatic carbocycles. The molecule has 0 aliphatic rings. The van der Waals surface area contributed by atoms with Gasteiger partial charge in [0.2, 0.25) is 5.91 Å².